The van der Waals surface area contributed by atoms with Gasteiger partial charge in [0.1, 0.15) is 0 Å². The highest BCUT2D eigenvalue weighted by atomic mass is 16.5. The Bertz CT molecular complexity index is 1090. The summed E-state index contributed by atoms with van der Waals surface area (Å²) in [5.41, 5.74) is 1.40. The Balaban J connectivity index is 1.56. The molecule has 2 aromatic carbocycles. The summed E-state index contributed by atoms with van der Waals surface area (Å²) < 4.78 is 7.08. The quantitative estimate of drug-likeness (QED) is 0.511. The van der Waals surface area contributed by atoms with Crippen molar-refractivity contribution in [1.82, 2.24) is 9.47 Å². The van der Waals surface area contributed by atoms with Crippen molar-refractivity contribution in [2.24, 2.45) is 10.2 Å². The van der Waals surface area contributed by atoms with E-state index in [0.29, 0.717) is 31.0 Å². The van der Waals surface area contributed by atoms with E-state index in [1.807, 2.05) is 18.2 Å². The summed E-state index contributed by atoms with van der Waals surface area (Å²) in [6, 6.07) is 15.9. The molecule has 1 fully saturated rings. The van der Waals surface area contributed by atoms with Gasteiger partial charge in [-0.2, -0.15) is 0 Å². The van der Waals surface area contributed by atoms with Gasteiger partial charge in [-0.1, -0.05) is 36.4 Å². The highest BCUT2D eigenvalue weighted by Crippen LogP contribution is 2.39. The number of aromatic hydroxyl groups is 1. The van der Waals surface area contributed by atoms with Gasteiger partial charge in [0.25, 0.3) is 0 Å². The number of fused-ring (bicyclic) bond motifs is 1. The first-order valence-electron chi connectivity index (χ1n) is 9.56. The smallest absolute Gasteiger partial charge is 0.353 e. The van der Waals surface area contributed by atoms with Crippen LogP contribution in [0.2, 0.25) is 0 Å². The summed E-state index contributed by atoms with van der Waals surface area (Å²) >= 11 is 0. The topological polar surface area (TPSA) is 109 Å². The van der Waals surface area contributed by atoms with Gasteiger partial charge in [-0.3, -0.25) is 19.1 Å². The van der Waals surface area contributed by atoms with Crippen molar-refractivity contribution in [3.63, 3.8) is 0 Å². The maximum Gasteiger partial charge on any atom is 0.353 e. The summed E-state index contributed by atoms with van der Waals surface area (Å²) in [5.74, 6) is -2.06. The number of rotatable bonds is 4. The summed E-state index contributed by atoms with van der Waals surface area (Å²) in [6.07, 6.45) is 0. The van der Waals surface area contributed by atoms with E-state index in [-0.39, 0.29) is 11.6 Å². The lowest BCUT2D eigenvalue weighted by molar-refractivity contribution is -0.134. The maximum absolute atomic E-state index is 12.1. The third kappa shape index (κ3) is 4.22. The van der Waals surface area contributed by atoms with E-state index < -0.39 is 11.8 Å². The molecule has 0 radical (unpaired) electrons. The predicted octanol–water partition coefficient (Wildman–Crippen LogP) is 2.89. The largest absolute Gasteiger partial charge is 0.493 e. The van der Waals surface area contributed by atoms with Crippen molar-refractivity contribution >= 4 is 34.1 Å². The molecule has 1 aliphatic heterocycles. The van der Waals surface area contributed by atoms with E-state index in [0.717, 1.165) is 18.6 Å². The minimum atomic E-state index is -1.05. The number of carbonyl (C=O) groups is 2. The van der Waals surface area contributed by atoms with Crippen LogP contribution in [0.1, 0.15) is 0 Å². The number of nitrogens with one attached hydrogen (secondary N) is 1. The first-order valence-corrected chi connectivity index (χ1v) is 9.56. The number of carbonyl (C=O) groups excluding carboxylic acids is 2. The summed E-state index contributed by atoms with van der Waals surface area (Å²) in [4.78, 5) is 26.3. The highest BCUT2D eigenvalue weighted by molar-refractivity contribution is 6.40. The first-order chi connectivity index (χ1) is 14.6. The lowest BCUT2D eigenvalue weighted by Crippen LogP contribution is -2.37. The number of morpholine rings is 1. The molecule has 9 nitrogen and oxygen atoms in total. The van der Waals surface area contributed by atoms with Crippen LogP contribution in [0.3, 0.4) is 0 Å². The minimum Gasteiger partial charge on any atom is -0.493 e. The van der Waals surface area contributed by atoms with E-state index in [1.54, 1.807) is 41.0 Å². The van der Waals surface area contributed by atoms with Crippen LogP contribution < -0.4 is 5.32 Å². The molecule has 0 unspecified atom stereocenters. The Morgan fingerprint density at radius 3 is 2.50 bits per heavy atom. The standard InChI is InChI=1S/C21H21N5O4/c27-19(22-15-6-2-1-3-7-15)20(28)24-23-18-16-8-4-5-9-17(16)26(21(18)29)14-25-10-12-30-13-11-25/h1-9,29H,10-14H2,(H,22,27). The molecule has 2 N–H and O–H groups in total. The van der Waals surface area contributed by atoms with Gasteiger partial charge in [0.15, 0.2) is 5.69 Å². The van der Waals surface area contributed by atoms with Crippen LogP contribution >= 0.6 is 0 Å². The van der Waals surface area contributed by atoms with Gasteiger partial charge in [-0.05, 0) is 18.2 Å². The van der Waals surface area contributed by atoms with E-state index in [1.165, 1.54) is 0 Å². The molecule has 4 rings (SSSR count). The van der Waals surface area contributed by atoms with Crippen molar-refractivity contribution in [2.75, 3.05) is 31.6 Å². The van der Waals surface area contributed by atoms with Gasteiger partial charge in [0.2, 0.25) is 5.88 Å². The van der Waals surface area contributed by atoms with Crippen LogP contribution in [0.15, 0.2) is 64.8 Å². The first kappa shape index (κ1) is 19.7. The number of para-hydroxylation sites is 2. The molecule has 0 spiro atoms. The second-order valence-corrected chi connectivity index (χ2v) is 6.81. The number of anilines is 1. The molecular formula is C21H21N5O4. The van der Waals surface area contributed by atoms with Crippen LogP contribution in [-0.2, 0) is 21.0 Å². The van der Waals surface area contributed by atoms with Crippen LogP contribution in [0.25, 0.3) is 10.9 Å². The van der Waals surface area contributed by atoms with Crippen LogP contribution in [0.5, 0.6) is 5.88 Å². The number of azo groups is 1. The molecule has 30 heavy (non-hydrogen) atoms. The molecule has 0 saturated carbocycles. The zero-order valence-corrected chi connectivity index (χ0v) is 16.2. The zero-order valence-electron chi connectivity index (χ0n) is 16.2. The molecule has 1 aliphatic rings. The zero-order chi connectivity index (χ0) is 20.9. The summed E-state index contributed by atoms with van der Waals surface area (Å²) in [5, 5.41) is 21.3. The molecule has 0 atom stereocenters. The molecule has 154 valence electrons. The number of hydrogen-bond donors (Lipinski definition) is 2. The van der Waals surface area contributed by atoms with E-state index in [9.17, 15) is 14.7 Å². The molecule has 9 heteroatoms. The Morgan fingerprint density at radius 2 is 1.73 bits per heavy atom. The number of hydrogen-bond acceptors (Lipinski definition) is 6. The molecule has 1 saturated heterocycles. The Hall–Kier alpha value is -3.56. The monoisotopic (exact) mass is 407 g/mol. The lowest BCUT2D eigenvalue weighted by Gasteiger charge is -2.27. The van der Waals surface area contributed by atoms with Crippen molar-refractivity contribution in [2.45, 2.75) is 6.67 Å². The molecule has 3 aromatic rings. The van der Waals surface area contributed by atoms with Crippen molar-refractivity contribution in [3.05, 3.63) is 54.6 Å². The van der Waals surface area contributed by atoms with Gasteiger partial charge < -0.3 is 15.2 Å². The number of ether oxygens (including phenoxy) is 1. The second-order valence-electron chi connectivity index (χ2n) is 6.81. The van der Waals surface area contributed by atoms with Gasteiger partial charge in [0, 0.05) is 24.2 Å². The average Bonchev–Trinajstić information content (AvgIpc) is 3.04. The molecule has 1 aromatic heterocycles. The van der Waals surface area contributed by atoms with E-state index in [2.05, 4.69) is 20.4 Å². The van der Waals surface area contributed by atoms with E-state index in [4.69, 9.17) is 4.74 Å². The number of benzene rings is 2. The van der Waals surface area contributed by atoms with E-state index >= 15 is 0 Å². The number of nitrogens with zero attached hydrogens (tertiary/aromatic N) is 4. The maximum atomic E-state index is 12.1. The number of aromatic nitrogens is 1. The molecular weight excluding hydrogens is 386 g/mol. The fourth-order valence-electron chi connectivity index (χ4n) is 3.30. The van der Waals surface area contributed by atoms with Gasteiger partial charge >= 0.3 is 11.8 Å². The fraction of sp³-hybridized carbons (Fsp3) is 0.238. The van der Waals surface area contributed by atoms with Gasteiger partial charge in [-0.15, -0.1) is 10.2 Å². The molecule has 0 aliphatic carbocycles. The summed E-state index contributed by atoms with van der Waals surface area (Å²) in [7, 11) is 0. The minimum absolute atomic E-state index is 0.109. The van der Waals surface area contributed by atoms with Crippen LogP contribution in [0.4, 0.5) is 11.4 Å². The normalized spacial score (nSPS) is 14.9. The molecule has 0 bridgehead atoms. The van der Waals surface area contributed by atoms with Crippen molar-refractivity contribution in [1.29, 1.82) is 0 Å². The van der Waals surface area contributed by atoms with Crippen LogP contribution in [0, 0.1) is 0 Å². The SMILES string of the molecule is O=C(N=Nc1c(O)n(CN2CCOCC2)c2ccccc12)C(=O)Nc1ccccc1. The predicted molar refractivity (Wildman–Crippen MR) is 111 cm³/mol. The molecule has 2 heterocycles. The fourth-order valence-corrected chi connectivity index (χ4v) is 3.30. The van der Waals surface area contributed by atoms with Crippen molar-refractivity contribution in [3.8, 4) is 5.88 Å². The Labute approximate surface area is 172 Å². The lowest BCUT2D eigenvalue weighted by atomic mass is 10.2. The van der Waals surface area contributed by atoms with Crippen LogP contribution in [-0.4, -0.2) is 52.7 Å². The summed E-state index contributed by atoms with van der Waals surface area (Å²) in [6.45, 7) is 3.23. The van der Waals surface area contributed by atoms with Gasteiger partial charge in [-0.25, -0.2) is 0 Å². The third-order valence-electron chi connectivity index (χ3n) is 4.83. The van der Waals surface area contributed by atoms with Crippen molar-refractivity contribution < 1.29 is 19.4 Å². The Morgan fingerprint density at radius 1 is 1.03 bits per heavy atom. The molecule has 2 amide bonds. The number of amides is 2. The highest BCUT2D eigenvalue weighted by Gasteiger charge is 2.20. The Kier molecular flexibility index (Phi) is 5.82. The van der Waals surface area contributed by atoms with Gasteiger partial charge in [0.05, 0.1) is 25.4 Å². The third-order valence-corrected chi connectivity index (χ3v) is 4.83. The average molecular weight is 407 g/mol. The second kappa shape index (κ2) is 8.85.